The maximum Gasteiger partial charge on any atom is 0.401 e. The molecule has 0 saturated carbocycles. The van der Waals surface area contributed by atoms with E-state index in [9.17, 15) is 13.2 Å². The summed E-state index contributed by atoms with van der Waals surface area (Å²) in [4.78, 5) is 1.24. The van der Waals surface area contributed by atoms with Crippen LogP contribution in [0, 0.1) is 0 Å². The summed E-state index contributed by atoms with van der Waals surface area (Å²) >= 11 is 0. The van der Waals surface area contributed by atoms with Gasteiger partial charge >= 0.3 is 6.18 Å². The molecule has 1 rings (SSSR count). The van der Waals surface area contributed by atoms with Gasteiger partial charge in [-0.15, -0.1) is 0 Å². The maximum absolute atomic E-state index is 12.6. The molecule has 20 heavy (non-hydrogen) atoms. The van der Waals surface area contributed by atoms with Crippen molar-refractivity contribution in [2.45, 2.75) is 31.6 Å². The quantitative estimate of drug-likeness (QED) is 0.875. The van der Waals surface area contributed by atoms with E-state index >= 15 is 0 Å². The SMILES string of the molecule is CCC(N)C(c1cccc(OC)c1)N(C)CC(F)(F)F. The fourth-order valence-electron chi connectivity index (χ4n) is 2.26. The number of alkyl halides is 3. The van der Waals surface area contributed by atoms with Crippen LogP contribution in [-0.4, -0.2) is 37.8 Å². The minimum absolute atomic E-state index is 0.380. The average molecular weight is 290 g/mol. The lowest BCUT2D eigenvalue weighted by atomic mass is 9.96. The number of benzene rings is 1. The number of hydrogen-bond donors (Lipinski definition) is 1. The molecule has 0 radical (unpaired) electrons. The summed E-state index contributed by atoms with van der Waals surface area (Å²) in [5.41, 5.74) is 6.74. The predicted octanol–water partition coefficient (Wildman–Crippen LogP) is 2.97. The van der Waals surface area contributed by atoms with E-state index in [1.165, 1.54) is 19.1 Å². The molecule has 0 saturated heterocycles. The largest absolute Gasteiger partial charge is 0.497 e. The molecule has 2 unspecified atom stereocenters. The molecular weight excluding hydrogens is 269 g/mol. The Kier molecular flexibility index (Phi) is 5.83. The van der Waals surface area contributed by atoms with Gasteiger partial charge in [0.1, 0.15) is 5.75 Å². The zero-order chi connectivity index (χ0) is 15.3. The van der Waals surface area contributed by atoms with Crippen LogP contribution in [0.25, 0.3) is 0 Å². The van der Waals surface area contributed by atoms with E-state index in [0.29, 0.717) is 12.2 Å². The highest BCUT2D eigenvalue weighted by atomic mass is 19.4. The van der Waals surface area contributed by atoms with Gasteiger partial charge in [0.2, 0.25) is 0 Å². The topological polar surface area (TPSA) is 38.5 Å². The standard InChI is InChI=1S/C14H21F3N2O/c1-4-12(18)13(19(2)9-14(15,16)17)10-6-5-7-11(8-10)20-3/h5-8,12-13H,4,9,18H2,1-3H3. The molecule has 2 atom stereocenters. The van der Waals surface area contributed by atoms with E-state index in [-0.39, 0.29) is 6.04 Å². The van der Waals surface area contributed by atoms with E-state index in [2.05, 4.69) is 0 Å². The van der Waals surface area contributed by atoms with E-state index in [4.69, 9.17) is 10.5 Å². The molecule has 0 fully saturated rings. The number of hydrogen-bond acceptors (Lipinski definition) is 3. The van der Waals surface area contributed by atoms with Crippen LogP contribution in [0.3, 0.4) is 0 Å². The van der Waals surface area contributed by atoms with Crippen molar-refractivity contribution >= 4 is 0 Å². The van der Waals surface area contributed by atoms with Gasteiger partial charge in [0.05, 0.1) is 19.7 Å². The van der Waals surface area contributed by atoms with E-state index in [1.54, 1.807) is 24.3 Å². The third kappa shape index (κ3) is 4.68. The van der Waals surface area contributed by atoms with Crippen molar-refractivity contribution in [1.29, 1.82) is 0 Å². The van der Waals surface area contributed by atoms with Crippen LogP contribution in [0.4, 0.5) is 13.2 Å². The summed E-state index contributed by atoms with van der Waals surface area (Å²) in [5, 5.41) is 0. The third-order valence-electron chi connectivity index (χ3n) is 3.22. The summed E-state index contributed by atoms with van der Waals surface area (Å²) in [6.45, 7) is 0.863. The lowest BCUT2D eigenvalue weighted by Gasteiger charge is -2.33. The summed E-state index contributed by atoms with van der Waals surface area (Å²) in [6.07, 6.45) is -3.66. The highest BCUT2D eigenvalue weighted by molar-refractivity contribution is 5.31. The number of rotatable bonds is 6. The van der Waals surface area contributed by atoms with Crippen LogP contribution in [-0.2, 0) is 0 Å². The Morgan fingerprint density at radius 1 is 1.35 bits per heavy atom. The van der Waals surface area contributed by atoms with E-state index in [0.717, 1.165) is 5.56 Å². The Balaban J connectivity index is 3.05. The molecule has 0 aliphatic carbocycles. The Labute approximate surface area is 117 Å². The Bertz CT molecular complexity index is 423. The van der Waals surface area contributed by atoms with Gasteiger partial charge in [0, 0.05) is 6.04 Å². The van der Waals surface area contributed by atoms with E-state index < -0.39 is 18.8 Å². The molecule has 0 aliphatic heterocycles. The van der Waals surface area contributed by atoms with Gasteiger partial charge in [-0.25, -0.2) is 0 Å². The van der Waals surface area contributed by atoms with Gasteiger partial charge in [-0.3, -0.25) is 4.90 Å². The third-order valence-corrected chi connectivity index (χ3v) is 3.22. The molecule has 1 aromatic carbocycles. The van der Waals surface area contributed by atoms with Crippen LogP contribution in [0.15, 0.2) is 24.3 Å². The molecular formula is C14H21F3N2O. The predicted molar refractivity (Wildman–Crippen MR) is 72.7 cm³/mol. The zero-order valence-electron chi connectivity index (χ0n) is 11.9. The first-order valence-corrected chi connectivity index (χ1v) is 6.45. The van der Waals surface area contributed by atoms with Crippen LogP contribution in [0.5, 0.6) is 5.75 Å². The van der Waals surface area contributed by atoms with Crippen LogP contribution in [0.1, 0.15) is 24.9 Å². The van der Waals surface area contributed by atoms with Gasteiger partial charge < -0.3 is 10.5 Å². The first-order chi connectivity index (χ1) is 9.28. The van der Waals surface area contributed by atoms with Gasteiger partial charge in [-0.05, 0) is 31.2 Å². The molecule has 6 heteroatoms. The summed E-state index contributed by atoms with van der Waals surface area (Å²) in [5.74, 6) is 0.608. The number of halogens is 3. The van der Waals surface area contributed by atoms with Crippen LogP contribution >= 0.6 is 0 Å². The molecule has 0 aliphatic rings. The monoisotopic (exact) mass is 290 g/mol. The molecule has 0 heterocycles. The summed E-state index contributed by atoms with van der Waals surface area (Å²) in [6, 6.07) is 6.13. The Morgan fingerprint density at radius 3 is 2.50 bits per heavy atom. The Hall–Kier alpha value is -1.27. The average Bonchev–Trinajstić information content (AvgIpc) is 2.36. The molecule has 1 aromatic rings. The lowest BCUT2D eigenvalue weighted by Crippen LogP contribution is -2.42. The lowest BCUT2D eigenvalue weighted by molar-refractivity contribution is -0.148. The normalized spacial score (nSPS) is 15.2. The Morgan fingerprint density at radius 2 is 2.00 bits per heavy atom. The summed E-state index contributed by atoms with van der Waals surface area (Å²) in [7, 11) is 2.96. The number of nitrogens with two attached hydrogens (primary N) is 1. The number of methoxy groups -OCH3 is 1. The maximum atomic E-state index is 12.6. The second-order valence-corrected chi connectivity index (χ2v) is 4.82. The molecule has 2 N–H and O–H groups in total. The minimum Gasteiger partial charge on any atom is -0.497 e. The number of nitrogens with zero attached hydrogens (tertiary/aromatic N) is 1. The van der Waals surface area contributed by atoms with Crippen molar-refractivity contribution in [2.24, 2.45) is 5.73 Å². The zero-order valence-corrected chi connectivity index (χ0v) is 11.9. The second-order valence-electron chi connectivity index (χ2n) is 4.82. The molecule has 0 bridgehead atoms. The molecule has 0 amide bonds. The first-order valence-electron chi connectivity index (χ1n) is 6.45. The van der Waals surface area contributed by atoms with Gasteiger partial charge in [0.15, 0.2) is 0 Å². The van der Waals surface area contributed by atoms with Gasteiger partial charge in [0.25, 0.3) is 0 Å². The van der Waals surface area contributed by atoms with E-state index in [1.807, 2.05) is 6.92 Å². The highest BCUT2D eigenvalue weighted by Gasteiger charge is 2.34. The minimum atomic E-state index is -4.25. The smallest absolute Gasteiger partial charge is 0.401 e. The first kappa shape index (κ1) is 16.8. The number of likely N-dealkylation sites (N-methyl/N-ethyl adjacent to an activating group) is 1. The van der Waals surface area contributed by atoms with Crippen molar-refractivity contribution in [3.05, 3.63) is 29.8 Å². The van der Waals surface area contributed by atoms with Crippen LogP contribution < -0.4 is 10.5 Å². The van der Waals surface area contributed by atoms with Crippen molar-refractivity contribution in [3.8, 4) is 5.75 Å². The van der Waals surface area contributed by atoms with Crippen molar-refractivity contribution < 1.29 is 17.9 Å². The highest BCUT2D eigenvalue weighted by Crippen LogP contribution is 2.29. The van der Waals surface area contributed by atoms with Crippen molar-refractivity contribution in [3.63, 3.8) is 0 Å². The molecule has 114 valence electrons. The van der Waals surface area contributed by atoms with Crippen LogP contribution in [0.2, 0.25) is 0 Å². The fourth-order valence-corrected chi connectivity index (χ4v) is 2.26. The van der Waals surface area contributed by atoms with Gasteiger partial charge in [-0.1, -0.05) is 19.1 Å². The summed E-state index contributed by atoms with van der Waals surface area (Å²) < 4.78 is 42.9. The molecule has 3 nitrogen and oxygen atoms in total. The van der Waals surface area contributed by atoms with Crippen molar-refractivity contribution in [2.75, 3.05) is 20.7 Å². The van der Waals surface area contributed by atoms with Crippen molar-refractivity contribution in [1.82, 2.24) is 4.90 Å². The fraction of sp³-hybridized carbons (Fsp3) is 0.571. The second kappa shape index (κ2) is 6.95. The van der Waals surface area contributed by atoms with Gasteiger partial charge in [-0.2, -0.15) is 13.2 Å². The molecule has 0 aromatic heterocycles. The number of ether oxygens (including phenoxy) is 1. The molecule has 0 spiro atoms.